The van der Waals surface area contributed by atoms with Crippen molar-refractivity contribution in [3.05, 3.63) is 0 Å². The van der Waals surface area contributed by atoms with Crippen LogP contribution in [0, 0.1) is 0 Å². The van der Waals surface area contributed by atoms with Crippen molar-refractivity contribution >= 4 is 0 Å². The Morgan fingerprint density at radius 3 is 2.62 bits per heavy atom. The molecule has 2 nitrogen and oxygen atoms in total. The lowest BCUT2D eigenvalue weighted by Gasteiger charge is -2.30. The molecule has 1 aliphatic carbocycles. The maximum absolute atomic E-state index is 12.6. The van der Waals surface area contributed by atoms with E-state index >= 15 is 0 Å². The van der Waals surface area contributed by atoms with Crippen LogP contribution >= 0.6 is 0 Å². The highest BCUT2D eigenvalue weighted by atomic mass is 19.3. The third-order valence-corrected chi connectivity index (χ3v) is 2.91. The second-order valence-electron chi connectivity index (χ2n) is 4.16. The summed E-state index contributed by atoms with van der Waals surface area (Å²) in [5.41, 5.74) is 0. The molecule has 0 aliphatic heterocycles. The number of nitrogens with one attached hydrogen (secondary N) is 1. The first-order valence-corrected chi connectivity index (χ1v) is 5.38. The quantitative estimate of drug-likeness (QED) is 0.749. The molecule has 0 aromatic rings. The fraction of sp³-hybridized carbons (Fsp3) is 1.00. The van der Waals surface area contributed by atoms with Gasteiger partial charge in [-0.2, -0.15) is 8.78 Å². The molecule has 1 N–H and O–H groups in total. The largest absolute Gasteiger partial charge is 0.381 e. The van der Waals surface area contributed by atoms with Crippen LogP contribution in [0.25, 0.3) is 0 Å². The van der Waals surface area contributed by atoms with Crippen molar-refractivity contribution in [1.29, 1.82) is 0 Å². The van der Waals surface area contributed by atoms with Crippen molar-refractivity contribution in [1.82, 2.24) is 5.32 Å². The van der Waals surface area contributed by atoms with Gasteiger partial charge in [0.2, 0.25) is 0 Å². The monoisotopic (exact) mass is 243 g/mol. The average molecular weight is 243 g/mol. The van der Waals surface area contributed by atoms with Gasteiger partial charge in [-0.3, -0.25) is 0 Å². The Morgan fingerprint density at radius 1 is 1.38 bits per heavy atom. The Morgan fingerprint density at radius 2 is 2.06 bits per heavy atom. The average Bonchev–Trinajstić information content (AvgIpc) is 2.26. The minimum Gasteiger partial charge on any atom is -0.381 e. The molecule has 1 rings (SSSR count). The van der Waals surface area contributed by atoms with Crippen LogP contribution in [0.2, 0.25) is 0 Å². The summed E-state index contributed by atoms with van der Waals surface area (Å²) in [7, 11) is 1.57. The van der Waals surface area contributed by atoms with Crippen molar-refractivity contribution in [2.75, 3.05) is 13.7 Å². The van der Waals surface area contributed by atoms with Gasteiger partial charge in [0.05, 0.1) is 12.6 Å². The molecule has 1 aliphatic rings. The molecule has 0 radical (unpaired) electrons. The summed E-state index contributed by atoms with van der Waals surface area (Å²) in [4.78, 5) is 0. The Bertz CT molecular complexity index is 213. The van der Waals surface area contributed by atoms with Crippen LogP contribution in [-0.4, -0.2) is 38.1 Å². The van der Waals surface area contributed by atoms with E-state index in [1.807, 2.05) is 0 Å². The van der Waals surface area contributed by atoms with E-state index in [1.165, 1.54) is 0 Å². The third-order valence-electron chi connectivity index (χ3n) is 2.91. The molecule has 1 fully saturated rings. The van der Waals surface area contributed by atoms with Crippen molar-refractivity contribution < 1.29 is 22.3 Å². The Balaban J connectivity index is 2.32. The highest BCUT2D eigenvalue weighted by molar-refractivity contribution is 4.81. The maximum atomic E-state index is 12.6. The Hall–Kier alpha value is -0.360. The molecule has 0 aromatic carbocycles. The van der Waals surface area contributed by atoms with Gasteiger partial charge in [-0.05, 0) is 25.7 Å². The number of rotatable bonds is 5. The lowest BCUT2D eigenvalue weighted by atomic mass is 9.93. The lowest BCUT2D eigenvalue weighted by Crippen LogP contribution is -2.45. The summed E-state index contributed by atoms with van der Waals surface area (Å²) in [5, 5.41) is 2.50. The van der Waals surface area contributed by atoms with Crippen LogP contribution in [0.5, 0.6) is 0 Å². The number of ether oxygens (including phenoxy) is 1. The summed E-state index contributed by atoms with van der Waals surface area (Å²) < 4.78 is 54.2. The van der Waals surface area contributed by atoms with Gasteiger partial charge in [0.1, 0.15) is 0 Å². The number of hydrogen-bond donors (Lipinski definition) is 1. The van der Waals surface area contributed by atoms with E-state index in [1.54, 1.807) is 7.11 Å². The first-order chi connectivity index (χ1) is 7.45. The number of alkyl halides is 4. The van der Waals surface area contributed by atoms with Gasteiger partial charge in [0.15, 0.2) is 0 Å². The van der Waals surface area contributed by atoms with Crippen LogP contribution in [-0.2, 0) is 4.74 Å². The van der Waals surface area contributed by atoms with E-state index in [9.17, 15) is 17.6 Å². The molecule has 96 valence electrons. The molecule has 0 aromatic heterocycles. The first-order valence-electron chi connectivity index (χ1n) is 5.38. The molecule has 0 saturated heterocycles. The Kier molecular flexibility index (Phi) is 4.98. The van der Waals surface area contributed by atoms with Gasteiger partial charge >= 0.3 is 12.3 Å². The van der Waals surface area contributed by atoms with Gasteiger partial charge in [0, 0.05) is 13.2 Å². The summed E-state index contributed by atoms with van der Waals surface area (Å²) in [6, 6.07) is -0.150. The normalized spacial score (nSPS) is 27.4. The van der Waals surface area contributed by atoms with E-state index in [4.69, 9.17) is 4.74 Å². The molecule has 1 saturated carbocycles. The van der Waals surface area contributed by atoms with Gasteiger partial charge in [-0.1, -0.05) is 0 Å². The zero-order valence-electron chi connectivity index (χ0n) is 9.19. The standard InChI is InChI=1S/C10H17F4NO/c1-16-8-4-2-3-7(5-8)15-6-10(13,14)9(11)12/h7-9,15H,2-6H2,1H3. The number of methoxy groups -OCH3 is 1. The van der Waals surface area contributed by atoms with E-state index in [0.717, 1.165) is 19.3 Å². The van der Waals surface area contributed by atoms with E-state index in [0.29, 0.717) is 6.42 Å². The predicted octanol–water partition coefficient (Wildman–Crippen LogP) is 2.43. The zero-order valence-corrected chi connectivity index (χ0v) is 9.19. The smallest absolute Gasteiger partial charge is 0.319 e. The van der Waals surface area contributed by atoms with Crippen molar-refractivity contribution in [2.24, 2.45) is 0 Å². The van der Waals surface area contributed by atoms with Crippen LogP contribution in [0.4, 0.5) is 17.6 Å². The number of hydrogen-bond acceptors (Lipinski definition) is 2. The molecule has 0 spiro atoms. The summed E-state index contributed by atoms with van der Waals surface area (Å²) >= 11 is 0. The number of halogens is 4. The van der Waals surface area contributed by atoms with E-state index < -0.39 is 18.9 Å². The Labute approximate surface area is 92.3 Å². The van der Waals surface area contributed by atoms with Crippen LogP contribution < -0.4 is 5.32 Å². The maximum Gasteiger partial charge on any atom is 0.319 e. The van der Waals surface area contributed by atoms with Gasteiger partial charge in [-0.15, -0.1) is 0 Å². The van der Waals surface area contributed by atoms with Crippen molar-refractivity contribution in [3.63, 3.8) is 0 Å². The van der Waals surface area contributed by atoms with Crippen LogP contribution in [0.1, 0.15) is 25.7 Å². The predicted molar refractivity (Wildman–Crippen MR) is 52.0 cm³/mol. The highest BCUT2D eigenvalue weighted by Crippen LogP contribution is 2.24. The van der Waals surface area contributed by atoms with Gasteiger partial charge in [0.25, 0.3) is 0 Å². The molecular formula is C10H17F4NO. The molecule has 2 atom stereocenters. The molecule has 0 amide bonds. The van der Waals surface area contributed by atoms with Crippen molar-refractivity contribution in [2.45, 2.75) is 50.2 Å². The molecular weight excluding hydrogens is 226 g/mol. The van der Waals surface area contributed by atoms with Gasteiger partial charge < -0.3 is 10.1 Å². The van der Waals surface area contributed by atoms with Crippen LogP contribution in [0.15, 0.2) is 0 Å². The summed E-state index contributed by atoms with van der Waals surface area (Å²) in [6.45, 7) is -0.967. The molecule has 2 unspecified atom stereocenters. The van der Waals surface area contributed by atoms with Crippen molar-refractivity contribution in [3.8, 4) is 0 Å². The van der Waals surface area contributed by atoms with E-state index in [2.05, 4.69) is 5.32 Å². The fourth-order valence-electron chi connectivity index (χ4n) is 1.90. The molecule has 0 heterocycles. The van der Waals surface area contributed by atoms with Crippen LogP contribution in [0.3, 0.4) is 0 Å². The third kappa shape index (κ3) is 3.90. The highest BCUT2D eigenvalue weighted by Gasteiger charge is 2.40. The topological polar surface area (TPSA) is 21.3 Å². The lowest BCUT2D eigenvalue weighted by molar-refractivity contribution is -0.127. The molecule has 16 heavy (non-hydrogen) atoms. The summed E-state index contributed by atoms with van der Waals surface area (Å²) in [6.07, 6.45) is -0.445. The van der Waals surface area contributed by atoms with Gasteiger partial charge in [-0.25, -0.2) is 8.78 Å². The fourth-order valence-corrected chi connectivity index (χ4v) is 1.90. The second-order valence-corrected chi connectivity index (χ2v) is 4.16. The zero-order chi connectivity index (χ0) is 12.2. The van der Waals surface area contributed by atoms with E-state index in [-0.39, 0.29) is 12.1 Å². The molecule has 6 heteroatoms. The SMILES string of the molecule is COC1CCCC(NCC(F)(F)C(F)F)C1. The summed E-state index contributed by atoms with van der Waals surface area (Å²) in [5.74, 6) is -3.94. The second kappa shape index (κ2) is 5.82. The minimum atomic E-state index is -3.94. The molecule has 0 bridgehead atoms. The minimum absolute atomic E-state index is 0.0476. The first kappa shape index (κ1) is 13.7.